The Bertz CT molecular complexity index is 4010. The zero-order chi connectivity index (χ0) is 46.6. The average Bonchev–Trinajstić information content (AvgIpc) is 3.73. The van der Waals surface area contributed by atoms with Gasteiger partial charge in [0, 0.05) is 30.7 Å². The van der Waals surface area contributed by atoms with Crippen molar-refractivity contribution in [3.63, 3.8) is 0 Å². The molecule has 0 fully saturated rings. The molecule has 0 N–H and O–H groups in total. The van der Waals surface area contributed by atoms with Crippen molar-refractivity contribution in [3.8, 4) is 11.1 Å². The van der Waals surface area contributed by atoms with Gasteiger partial charge in [-0.1, -0.05) is 206 Å². The van der Waals surface area contributed by atoms with Crippen molar-refractivity contribution >= 4 is 102 Å². The summed E-state index contributed by atoms with van der Waals surface area (Å²) in [6, 6.07) is 90.4. The monoisotopic (exact) mass is 938 g/mol. The van der Waals surface area contributed by atoms with Crippen LogP contribution in [0, 0.1) is 0 Å². The van der Waals surface area contributed by atoms with Crippen LogP contribution in [-0.4, -0.2) is 0 Å². The van der Waals surface area contributed by atoms with Crippen LogP contribution in [0.2, 0.25) is 0 Å². The number of anilines is 6. The lowest BCUT2D eigenvalue weighted by molar-refractivity contribution is 0.768. The summed E-state index contributed by atoms with van der Waals surface area (Å²) < 4.78 is 0. The van der Waals surface area contributed by atoms with Crippen LogP contribution in [-0.2, 0) is 5.41 Å². The summed E-state index contributed by atoms with van der Waals surface area (Å²) in [5.74, 6) is 0. The highest BCUT2D eigenvalue weighted by atomic mass is 32.2. The van der Waals surface area contributed by atoms with E-state index in [4.69, 9.17) is 0 Å². The first-order valence-electron chi connectivity index (χ1n) is 24.3. The van der Waals surface area contributed by atoms with Crippen molar-refractivity contribution < 1.29 is 0 Å². The summed E-state index contributed by atoms with van der Waals surface area (Å²) in [6.07, 6.45) is 4.66. The summed E-state index contributed by atoms with van der Waals surface area (Å²) in [4.78, 5) is 9.98. The molecule has 0 spiro atoms. The highest BCUT2D eigenvalue weighted by Gasteiger charge is 2.46. The molecule has 3 aliphatic rings. The summed E-state index contributed by atoms with van der Waals surface area (Å²) in [5.41, 5.74) is 16.6. The van der Waals surface area contributed by atoms with E-state index in [-0.39, 0.29) is 0 Å². The summed E-state index contributed by atoms with van der Waals surface area (Å²) in [7, 11) is 0. The van der Waals surface area contributed by atoms with Gasteiger partial charge in [0.15, 0.2) is 0 Å². The van der Waals surface area contributed by atoms with Gasteiger partial charge in [0.25, 0.3) is 0 Å². The fourth-order valence-corrected chi connectivity index (χ4v) is 14.1. The summed E-state index contributed by atoms with van der Waals surface area (Å²) >= 11 is 3.70. The van der Waals surface area contributed by atoms with Crippen molar-refractivity contribution in [1.29, 1.82) is 0 Å². The fourth-order valence-electron chi connectivity index (χ4n) is 12.0. The maximum Gasteiger partial charge on any atom is 0.0714 e. The Morgan fingerprint density at radius 2 is 0.803 bits per heavy atom. The molecular formula is C67H42N2S2. The summed E-state index contributed by atoms with van der Waals surface area (Å²) in [5, 5.41) is 7.63. The van der Waals surface area contributed by atoms with Crippen LogP contribution in [0.5, 0.6) is 0 Å². The molecule has 2 heterocycles. The normalized spacial score (nSPS) is 14.1. The maximum atomic E-state index is 2.48. The molecule has 2 aliphatic heterocycles. The van der Waals surface area contributed by atoms with Crippen LogP contribution < -0.4 is 9.80 Å². The molecule has 0 bridgehead atoms. The van der Waals surface area contributed by atoms with Gasteiger partial charge in [-0.15, -0.1) is 0 Å². The number of hydrogen-bond donors (Lipinski definition) is 0. The van der Waals surface area contributed by atoms with Crippen LogP contribution in [0.1, 0.15) is 33.4 Å². The smallest absolute Gasteiger partial charge is 0.0714 e. The molecule has 332 valence electrons. The van der Waals surface area contributed by atoms with Gasteiger partial charge >= 0.3 is 0 Å². The van der Waals surface area contributed by atoms with Gasteiger partial charge in [-0.05, 0) is 144 Å². The number of rotatable bonds is 6. The van der Waals surface area contributed by atoms with Crippen molar-refractivity contribution in [2.75, 3.05) is 9.80 Å². The first-order chi connectivity index (χ1) is 35.2. The van der Waals surface area contributed by atoms with E-state index in [1.807, 2.05) is 23.5 Å². The topological polar surface area (TPSA) is 6.48 Å². The lowest BCUT2D eigenvalue weighted by Crippen LogP contribution is -2.29. The zero-order valence-corrected chi connectivity index (χ0v) is 40.1. The Labute approximate surface area is 421 Å². The molecular weight excluding hydrogens is 897 g/mol. The van der Waals surface area contributed by atoms with Crippen molar-refractivity contribution in [1.82, 2.24) is 0 Å². The zero-order valence-electron chi connectivity index (χ0n) is 38.5. The molecule has 4 heteroatoms. The van der Waals surface area contributed by atoms with Crippen LogP contribution >= 0.6 is 23.5 Å². The van der Waals surface area contributed by atoms with Gasteiger partial charge in [-0.25, -0.2) is 0 Å². The molecule has 15 rings (SSSR count). The van der Waals surface area contributed by atoms with Gasteiger partial charge in [0.2, 0.25) is 0 Å². The van der Waals surface area contributed by atoms with E-state index in [1.165, 1.54) is 119 Å². The second kappa shape index (κ2) is 15.9. The Morgan fingerprint density at radius 1 is 0.338 bits per heavy atom. The average molecular weight is 939 g/mol. The number of benzene rings is 12. The molecule has 1 aliphatic carbocycles. The minimum Gasteiger partial charge on any atom is -0.308 e. The van der Waals surface area contributed by atoms with Crippen LogP contribution in [0.4, 0.5) is 34.1 Å². The number of hydrogen-bond acceptors (Lipinski definition) is 4. The summed E-state index contributed by atoms with van der Waals surface area (Å²) in [6.45, 7) is 0. The second-order valence-corrected chi connectivity index (χ2v) is 20.9. The Morgan fingerprint density at radius 3 is 1.39 bits per heavy atom. The predicted molar refractivity (Wildman–Crippen MR) is 300 cm³/mol. The van der Waals surface area contributed by atoms with E-state index in [9.17, 15) is 0 Å². The lowest BCUT2D eigenvalue weighted by Gasteiger charge is -2.36. The quantitative estimate of drug-likeness (QED) is 0.121. The molecule has 0 saturated heterocycles. The number of nitrogens with zero attached hydrogens (tertiary/aromatic N) is 2. The minimum atomic E-state index is -0.574. The van der Waals surface area contributed by atoms with Gasteiger partial charge in [-0.2, -0.15) is 0 Å². The number of fused-ring (bicyclic) bond motifs is 7. The molecule has 0 saturated carbocycles. The molecule has 0 aromatic heterocycles. The third-order valence-corrected chi connectivity index (χ3v) is 17.3. The van der Waals surface area contributed by atoms with Gasteiger partial charge < -0.3 is 9.80 Å². The molecule has 0 atom stereocenters. The SMILES string of the molecule is C(=C\c1ccc2ccc3c(N4c5ccccc5Sc5ccccc54)ccc4ccc1c2c43)/c1ccc2c(c1)C(c1ccccc1)(c1ccccc1)c1cc(N3c4ccccc4Sc4ccccc43)ccc1-2. The predicted octanol–water partition coefficient (Wildman–Crippen LogP) is 19.0. The highest BCUT2D eigenvalue weighted by Crippen LogP contribution is 2.59. The largest absolute Gasteiger partial charge is 0.308 e. The fraction of sp³-hybridized carbons (Fsp3) is 0.0149. The Balaban J connectivity index is 0.884. The van der Waals surface area contributed by atoms with Crippen LogP contribution in [0.3, 0.4) is 0 Å². The van der Waals surface area contributed by atoms with E-state index in [0.29, 0.717) is 0 Å². The molecule has 12 aromatic rings. The van der Waals surface area contributed by atoms with E-state index in [0.717, 1.165) is 11.3 Å². The highest BCUT2D eigenvalue weighted by molar-refractivity contribution is 8.00. The van der Waals surface area contributed by atoms with Crippen molar-refractivity contribution in [2.45, 2.75) is 25.0 Å². The van der Waals surface area contributed by atoms with Crippen molar-refractivity contribution in [2.24, 2.45) is 0 Å². The number of para-hydroxylation sites is 4. The van der Waals surface area contributed by atoms with Gasteiger partial charge in [-0.3, -0.25) is 0 Å². The third kappa shape index (κ3) is 6.05. The van der Waals surface area contributed by atoms with E-state index in [2.05, 4.69) is 265 Å². The molecule has 2 nitrogen and oxygen atoms in total. The molecule has 12 aromatic carbocycles. The van der Waals surface area contributed by atoms with Crippen LogP contribution in [0.25, 0.3) is 55.6 Å². The van der Waals surface area contributed by atoms with E-state index in [1.54, 1.807) is 0 Å². The molecule has 0 unspecified atom stereocenters. The Hall–Kier alpha value is -8.28. The lowest BCUT2D eigenvalue weighted by atomic mass is 9.67. The van der Waals surface area contributed by atoms with E-state index >= 15 is 0 Å². The standard InChI is InChI=1S/C67H42N2S2/c1-3-15-47(16-4-1)67(48-17-5-2-6-18-48)54-41-43(28-36-51(54)52-39-35-49(42-55(52)67)68-57-19-7-11-23-61(57)70-62-24-12-8-20-58(62)68)27-29-44-30-31-45-33-38-53-56(40-34-46-32-37-50(44)65(45)66(46)53)69-59-21-9-13-25-63(59)71-64-26-14-10-22-60(64)69/h1-42H/b29-27+. The second-order valence-electron chi connectivity index (χ2n) is 18.8. The maximum absolute atomic E-state index is 2.48. The third-order valence-electron chi connectivity index (χ3n) is 15.1. The van der Waals surface area contributed by atoms with Gasteiger partial charge in [0.1, 0.15) is 0 Å². The molecule has 0 amide bonds. The van der Waals surface area contributed by atoms with Crippen LogP contribution in [0.15, 0.2) is 262 Å². The molecule has 71 heavy (non-hydrogen) atoms. The van der Waals surface area contributed by atoms with E-state index < -0.39 is 5.41 Å². The van der Waals surface area contributed by atoms with Gasteiger partial charge in [0.05, 0.1) is 33.9 Å². The first-order valence-corrected chi connectivity index (χ1v) is 26.0. The Kier molecular flexibility index (Phi) is 9.08. The first kappa shape index (κ1) is 40.6. The molecule has 0 radical (unpaired) electrons. The minimum absolute atomic E-state index is 0.574. The van der Waals surface area contributed by atoms with Crippen molar-refractivity contribution in [3.05, 3.63) is 276 Å².